The van der Waals surface area contributed by atoms with Gasteiger partial charge in [-0.05, 0) is 31.2 Å². The summed E-state index contributed by atoms with van der Waals surface area (Å²) in [6, 6.07) is 15.9. The van der Waals surface area contributed by atoms with Crippen molar-refractivity contribution in [2.24, 2.45) is 0 Å². The Morgan fingerprint density at radius 3 is 2.48 bits per heavy atom. The molecule has 0 amide bonds. The smallest absolute Gasteiger partial charge is 0.260 e. The van der Waals surface area contributed by atoms with Crippen molar-refractivity contribution in [3.8, 4) is 22.9 Å². The molecule has 0 radical (unpaired) electrons. The summed E-state index contributed by atoms with van der Waals surface area (Å²) in [6.45, 7) is 1.84. The summed E-state index contributed by atoms with van der Waals surface area (Å²) < 4.78 is 24.7. The molecule has 5 nitrogen and oxygen atoms in total. The van der Waals surface area contributed by atoms with Crippen molar-refractivity contribution in [1.29, 1.82) is 0 Å². The molecule has 2 aromatic carbocycles. The number of aromatic nitrogens is 3. The van der Waals surface area contributed by atoms with Gasteiger partial charge in [-0.2, -0.15) is 4.98 Å². The van der Waals surface area contributed by atoms with E-state index in [2.05, 4.69) is 15.1 Å². The number of benzene rings is 2. The van der Waals surface area contributed by atoms with Crippen molar-refractivity contribution >= 4 is 0 Å². The molecule has 0 aliphatic heterocycles. The highest BCUT2D eigenvalue weighted by atomic mass is 19.1. The van der Waals surface area contributed by atoms with Crippen LogP contribution in [0.5, 0.6) is 0 Å². The van der Waals surface area contributed by atoms with Crippen LogP contribution in [0.4, 0.5) is 4.39 Å². The van der Waals surface area contributed by atoms with Crippen LogP contribution in [0, 0.1) is 12.7 Å². The van der Waals surface area contributed by atoms with Crippen molar-refractivity contribution in [3.63, 3.8) is 0 Å². The molecule has 0 aliphatic rings. The lowest BCUT2D eigenvalue weighted by Crippen LogP contribution is -1.93. The molecule has 0 saturated carbocycles. The van der Waals surface area contributed by atoms with Gasteiger partial charge in [-0.15, -0.1) is 0 Å². The maximum Gasteiger partial charge on any atom is 0.260 e. The number of hydrogen-bond donors (Lipinski definition) is 0. The first kappa shape index (κ1) is 15.3. The summed E-state index contributed by atoms with van der Waals surface area (Å²) in [4.78, 5) is 8.77. The third kappa shape index (κ3) is 3.06. The van der Waals surface area contributed by atoms with Crippen LogP contribution in [0.2, 0.25) is 0 Å². The van der Waals surface area contributed by atoms with E-state index in [1.165, 1.54) is 6.07 Å². The Bertz CT molecular complexity index is 1010. The van der Waals surface area contributed by atoms with E-state index in [1.54, 1.807) is 18.2 Å². The summed E-state index contributed by atoms with van der Waals surface area (Å²) in [7, 11) is 0. The predicted molar refractivity (Wildman–Crippen MR) is 89.2 cm³/mol. The first-order valence-electron chi connectivity index (χ1n) is 7.80. The topological polar surface area (TPSA) is 65.0 Å². The zero-order valence-electron chi connectivity index (χ0n) is 13.4. The van der Waals surface area contributed by atoms with Crippen LogP contribution in [0.25, 0.3) is 22.9 Å². The lowest BCUT2D eigenvalue weighted by Gasteiger charge is -1.94. The van der Waals surface area contributed by atoms with E-state index in [-0.39, 0.29) is 11.5 Å². The molecule has 0 aliphatic carbocycles. The highest BCUT2D eigenvalue weighted by Gasteiger charge is 2.17. The Morgan fingerprint density at radius 1 is 0.920 bits per heavy atom. The number of halogens is 1. The molecule has 0 N–H and O–H groups in total. The first-order chi connectivity index (χ1) is 12.2. The second-order valence-electron chi connectivity index (χ2n) is 5.56. The second kappa shape index (κ2) is 6.32. The molecule has 2 aromatic heterocycles. The predicted octanol–water partition coefficient (Wildman–Crippen LogP) is 4.43. The highest BCUT2D eigenvalue weighted by molar-refractivity contribution is 5.54. The van der Waals surface area contributed by atoms with Crippen molar-refractivity contribution in [2.75, 3.05) is 0 Å². The summed E-state index contributed by atoms with van der Waals surface area (Å²) in [5, 5.41) is 3.92. The van der Waals surface area contributed by atoms with Crippen LogP contribution in [0.1, 0.15) is 17.3 Å². The molecule has 0 saturated heterocycles. The molecule has 0 fully saturated rings. The molecule has 0 unspecified atom stereocenters. The van der Waals surface area contributed by atoms with E-state index in [1.807, 2.05) is 37.3 Å². The first-order valence-corrected chi connectivity index (χ1v) is 7.80. The van der Waals surface area contributed by atoms with Crippen molar-refractivity contribution in [1.82, 2.24) is 15.1 Å². The number of aryl methyl sites for hydroxylation is 1. The van der Waals surface area contributed by atoms with Gasteiger partial charge in [0.1, 0.15) is 11.6 Å². The van der Waals surface area contributed by atoms with Gasteiger partial charge in [0, 0.05) is 5.56 Å². The summed E-state index contributed by atoms with van der Waals surface area (Å²) >= 11 is 0. The molecule has 25 heavy (non-hydrogen) atoms. The fourth-order valence-corrected chi connectivity index (χ4v) is 2.52. The molecular weight excluding hydrogens is 321 g/mol. The number of hydrogen-bond acceptors (Lipinski definition) is 5. The van der Waals surface area contributed by atoms with E-state index in [9.17, 15) is 4.39 Å². The normalized spacial score (nSPS) is 11.0. The Kier molecular flexibility index (Phi) is 3.85. The van der Waals surface area contributed by atoms with Gasteiger partial charge in [0.25, 0.3) is 5.89 Å². The molecule has 6 heteroatoms. The fourth-order valence-electron chi connectivity index (χ4n) is 2.52. The largest absolute Gasteiger partial charge is 0.441 e. The van der Waals surface area contributed by atoms with Crippen LogP contribution in [-0.4, -0.2) is 15.1 Å². The Hall–Kier alpha value is -3.28. The molecule has 0 spiro atoms. The molecule has 4 aromatic rings. The van der Waals surface area contributed by atoms with Crippen LogP contribution < -0.4 is 0 Å². The van der Waals surface area contributed by atoms with Crippen molar-refractivity contribution in [2.45, 2.75) is 13.3 Å². The molecule has 124 valence electrons. The van der Waals surface area contributed by atoms with Gasteiger partial charge >= 0.3 is 0 Å². The highest BCUT2D eigenvalue weighted by Crippen LogP contribution is 2.24. The Morgan fingerprint density at radius 2 is 1.68 bits per heavy atom. The van der Waals surface area contributed by atoms with Gasteiger partial charge < -0.3 is 8.94 Å². The van der Waals surface area contributed by atoms with Gasteiger partial charge in [0.15, 0.2) is 5.82 Å². The lowest BCUT2D eigenvalue weighted by atomic mass is 10.2. The van der Waals surface area contributed by atoms with E-state index in [0.717, 1.165) is 11.3 Å². The third-order valence-electron chi connectivity index (χ3n) is 3.81. The van der Waals surface area contributed by atoms with E-state index in [0.29, 0.717) is 23.9 Å². The number of nitrogens with zero attached hydrogens (tertiary/aromatic N) is 3. The summed E-state index contributed by atoms with van der Waals surface area (Å²) in [5.41, 5.74) is 1.90. The Balaban J connectivity index is 1.60. The van der Waals surface area contributed by atoms with E-state index >= 15 is 0 Å². The maximum atomic E-state index is 13.8. The van der Waals surface area contributed by atoms with Gasteiger partial charge in [-0.3, -0.25) is 0 Å². The van der Waals surface area contributed by atoms with Crippen LogP contribution in [0.15, 0.2) is 63.5 Å². The minimum atomic E-state index is -0.401. The zero-order chi connectivity index (χ0) is 17.2. The molecule has 4 rings (SSSR count). The Labute approximate surface area is 143 Å². The van der Waals surface area contributed by atoms with E-state index in [4.69, 9.17) is 8.94 Å². The van der Waals surface area contributed by atoms with Crippen LogP contribution in [-0.2, 0) is 6.42 Å². The van der Waals surface area contributed by atoms with Gasteiger partial charge in [0.2, 0.25) is 5.89 Å². The number of rotatable bonds is 4. The average molecular weight is 335 g/mol. The van der Waals surface area contributed by atoms with Crippen LogP contribution in [0.3, 0.4) is 0 Å². The van der Waals surface area contributed by atoms with Crippen molar-refractivity contribution in [3.05, 3.63) is 77.7 Å². The average Bonchev–Trinajstić information content (AvgIpc) is 3.24. The van der Waals surface area contributed by atoms with Gasteiger partial charge in [-0.25, -0.2) is 9.37 Å². The molecule has 2 heterocycles. The quantitative estimate of drug-likeness (QED) is 0.552. The lowest BCUT2D eigenvalue weighted by molar-refractivity contribution is 0.421. The van der Waals surface area contributed by atoms with Gasteiger partial charge in [0.05, 0.1) is 17.7 Å². The van der Waals surface area contributed by atoms with Crippen molar-refractivity contribution < 1.29 is 13.3 Å². The van der Waals surface area contributed by atoms with Crippen LogP contribution >= 0.6 is 0 Å². The standard InChI is InChI=1S/C19H14FN3O2/c1-12-16(21-18(24-12)13-7-3-2-4-8-13)11-17-22-19(25-23-17)14-9-5-6-10-15(14)20/h2-10H,11H2,1H3. The third-order valence-corrected chi connectivity index (χ3v) is 3.81. The SMILES string of the molecule is Cc1oc(-c2ccccc2)nc1Cc1noc(-c2ccccc2F)n1. The molecule has 0 bridgehead atoms. The van der Waals surface area contributed by atoms with Gasteiger partial charge in [-0.1, -0.05) is 35.5 Å². The monoisotopic (exact) mass is 335 g/mol. The molecular formula is C19H14FN3O2. The summed E-state index contributed by atoms with van der Waals surface area (Å²) in [6.07, 6.45) is 0.347. The zero-order valence-corrected chi connectivity index (χ0v) is 13.4. The fraction of sp³-hybridized carbons (Fsp3) is 0.105. The number of oxazole rings is 1. The molecule has 0 atom stereocenters. The van der Waals surface area contributed by atoms with E-state index < -0.39 is 5.82 Å². The maximum absolute atomic E-state index is 13.8. The minimum Gasteiger partial charge on any atom is -0.441 e. The minimum absolute atomic E-state index is 0.150. The second-order valence-corrected chi connectivity index (χ2v) is 5.56. The summed E-state index contributed by atoms with van der Waals surface area (Å²) in [5.74, 6) is 1.41.